The second-order valence-electron chi connectivity index (χ2n) is 5.83. The van der Waals surface area contributed by atoms with Crippen LogP contribution >= 0.6 is 0 Å². The van der Waals surface area contributed by atoms with E-state index in [2.05, 4.69) is 12.2 Å². The van der Waals surface area contributed by atoms with E-state index in [1.54, 1.807) is 0 Å². The van der Waals surface area contributed by atoms with Gasteiger partial charge in [0.1, 0.15) is 0 Å². The Kier molecular flexibility index (Phi) is 4.43. The van der Waals surface area contributed by atoms with Crippen LogP contribution in [-0.2, 0) is 4.79 Å². The Morgan fingerprint density at radius 1 is 1.18 bits per heavy atom. The van der Waals surface area contributed by atoms with Crippen LogP contribution < -0.4 is 11.1 Å². The Bertz CT molecular complexity index is 267. The second-order valence-corrected chi connectivity index (χ2v) is 5.83. The van der Waals surface area contributed by atoms with Gasteiger partial charge >= 0.3 is 0 Å². The van der Waals surface area contributed by atoms with Gasteiger partial charge < -0.3 is 11.1 Å². The van der Waals surface area contributed by atoms with Crippen LogP contribution in [0.15, 0.2) is 0 Å². The van der Waals surface area contributed by atoms with Crippen LogP contribution in [-0.4, -0.2) is 18.0 Å². The predicted molar refractivity (Wildman–Crippen MR) is 69.5 cm³/mol. The van der Waals surface area contributed by atoms with Crippen molar-refractivity contribution in [2.24, 2.45) is 17.6 Å². The van der Waals surface area contributed by atoms with Gasteiger partial charge in [-0.15, -0.1) is 0 Å². The van der Waals surface area contributed by atoms with E-state index in [0.29, 0.717) is 24.3 Å². The minimum absolute atomic E-state index is 0.234. The largest absolute Gasteiger partial charge is 0.353 e. The molecule has 2 aliphatic carbocycles. The van der Waals surface area contributed by atoms with Crippen molar-refractivity contribution in [3.05, 3.63) is 0 Å². The maximum Gasteiger partial charge on any atom is 0.220 e. The molecule has 2 aliphatic rings. The third-order valence-electron chi connectivity index (χ3n) is 4.70. The van der Waals surface area contributed by atoms with Gasteiger partial charge in [0.05, 0.1) is 0 Å². The van der Waals surface area contributed by atoms with Crippen LogP contribution in [0.2, 0.25) is 0 Å². The summed E-state index contributed by atoms with van der Waals surface area (Å²) >= 11 is 0. The van der Waals surface area contributed by atoms with Crippen molar-refractivity contribution < 1.29 is 4.79 Å². The summed E-state index contributed by atoms with van der Waals surface area (Å²) in [5.74, 6) is 1.37. The predicted octanol–water partition coefficient (Wildman–Crippen LogP) is 2.20. The van der Waals surface area contributed by atoms with Crippen LogP contribution in [0.4, 0.5) is 0 Å². The van der Waals surface area contributed by atoms with Gasteiger partial charge in [-0.25, -0.2) is 0 Å². The van der Waals surface area contributed by atoms with Crippen molar-refractivity contribution in [3.63, 3.8) is 0 Å². The summed E-state index contributed by atoms with van der Waals surface area (Å²) in [5.41, 5.74) is 6.01. The molecule has 98 valence electrons. The SMILES string of the molecule is CCC1CCCC1NC(=O)C[C@@H]1CCC[C@H]1N. The minimum Gasteiger partial charge on any atom is -0.353 e. The number of amides is 1. The molecule has 0 aromatic heterocycles. The molecule has 4 atom stereocenters. The van der Waals surface area contributed by atoms with Gasteiger partial charge in [0, 0.05) is 18.5 Å². The first-order chi connectivity index (χ1) is 8.20. The van der Waals surface area contributed by atoms with E-state index in [9.17, 15) is 4.79 Å². The van der Waals surface area contributed by atoms with E-state index < -0.39 is 0 Å². The highest BCUT2D eigenvalue weighted by Crippen LogP contribution is 2.29. The molecule has 17 heavy (non-hydrogen) atoms. The highest BCUT2D eigenvalue weighted by Gasteiger charge is 2.30. The Hall–Kier alpha value is -0.570. The van der Waals surface area contributed by atoms with Gasteiger partial charge in [0.25, 0.3) is 0 Å². The van der Waals surface area contributed by atoms with Crippen molar-refractivity contribution >= 4 is 5.91 Å². The molecule has 0 aromatic rings. The molecule has 2 saturated carbocycles. The first-order valence-electron chi connectivity index (χ1n) is 7.25. The molecule has 0 aromatic carbocycles. The standard InChI is InChI=1S/C14H26N2O/c1-2-10-5-4-8-13(10)16-14(17)9-11-6-3-7-12(11)15/h10-13H,2-9,15H2,1H3,(H,16,17)/t10?,11-,12+,13?/m0/s1. The van der Waals surface area contributed by atoms with Crippen LogP contribution in [0, 0.1) is 11.8 Å². The first kappa shape index (κ1) is 12.9. The summed E-state index contributed by atoms with van der Waals surface area (Å²) in [5, 5.41) is 3.23. The molecule has 0 bridgehead atoms. The maximum atomic E-state index is 12.0. The third kappa shape index (κ3) is 3.21. The number of carbonyl (C=O) groups excluding carboxylic acids is 1. The van der Waals surface area contributed by atoms with Gasteiger partial charge in [-0.2, -0.15) is 0 Å². The lowest BCUT2D eigenvalue weighted by Gasteiger charge is -2.21. The Labute approximate surface area is 105 Å². The molecule has 1 amide bonds. The molecule has 3 N–H and O–H groups in total. The van der Waals surface area contributed by atoms with E-state index in [-0.39, 0.29) is 11.9 Å². The zero-order valence-electron chi connectivity index (χ0n) is 11.0. The van der Waals surface area contributed by atoms with Gasteiger partial charge in [-0.05, 0) is 37.5 Å². The lowest BCUT2D eigenvalue weighted by Crippen LogP contribution is -2.39. The molecule has 0 saturated heterocycles. The number of carbonyl (C=O) groups is 1. The van der Waals surface area contributed by atoms with Crippen LogP contribution in [0.1, 0.15) is 58.3 Å². The van der Waals surface area contributed by atoms with Gasteiger partial charge in [0.2, 0.25) is 5.91 Å². The van der Waals surface area contributed by atoms with Crippen molar-refractivity contribution in [3.8, 4) is 0 Å². The van der Waals surface area contributed by atoms with Gasteiger partial charge in [0.15, 0.2) is 0 Å². The Morgan fingerprint density at radius 3 is 2.53 bits per heavy atom. The average Bonchev–Trinajstić information content (AvgIpc) is 2.89. The summed E-state index contributed by atoms with van der Waals surface area (Å²) in [7, 11) is 0. The highest BCUT2D eigenvalue weighted by atomic mass is 16.1. The lowest BCUT2D eigenvalue weighted by molar-refractivity contribution is -0.123. The molecule has 2 fully saturated rings. The fourth-order valence-electron chi connectivity index (χ4n) is 3.54. The summed E-state index contributed by atoms with van der Waals surface area (Å²) in [6, 6.07) is 0.691. The van der Waals surface area contributed by atoms with Crippen molar-refractivity contribution in [1.82, 2.24) is 5.32 Å². The Balaban J connectivity index is 1.76. The molecular weight excluding hydrogens is 212 g/mol. The van der Waals surface area contributed by atoms with Crippen molar-refractivity contribution in [2.45, 2.75) is 70.4 Å². The molecule has 0 aliphatic heterocycles. The number of hydrogen-bond acceptors (Lipinski definition) is 2. The zero-order valence-corrected chi connectivity index (χ0v) is 11.0. The molecule has 3 nitrogen and oxygen atoms in total. The summed E-state index contributed by atoms with van der Waals surface area (Å²) < 4.78 is 0. The smallest absolute Gasteiger partial charge is 0.220 e. The fraction of sp³-hybridized carbons (Fsp3) is 0.929. The van der Waals surface area contributed by atoms with E-state index in [1.807, 2.05) is 0 Å². The highest BCUT2D eigenvalue weighted by molar-refractivity contribution is 5.76. The quantitative estimate of drug-likeness (QED) is 0.789. The van der Waals surface area contributed by atoms with Crippen molar-refractivity contribution in [2.75, 3.05) is 0 Å². The lowest BCUT2D eigenvalue weighted by atomic mass is 9.97. The third-order valence-corrected chi connectivity index (χ3v) is 4.70. The normalized spacial score (nSPS) is 37.3. The van der Waals surface area contributed by atoms with Gasteiger partial charge in [-0.3, -0.25) is 4.79 Å². The molecule has 0 radical (unpaired) electrons. The molecular formula is C14H26N2O. The van der Waals surface area contributed by atoms with E-state index >= 15 is 0 Å². The minimum atomic E-state index is 0.234. The summed E-state index contributed by atoms with van der Waals surface area (Å²) in [6.45, 7) is 2.22. The van der Waals surface area contributed by atoms with E-state index in [4.69, 9.17) is 5.73 Å². The number of nitrogens with one attached hydrogen (secondary N) is 1. The molecule has 2 unspecified atom stereocenters. The van der Waals surface area contributed by atoms with Gasteiger partial charge in [-0.1, -0.05) is 26.2 Å². The zero-order chi connectivity index (χ0) is 12.3. The summed E-state index contributed by atoms with van der Waals surface area (Å²) in [4.78, 5) is 12.0. The molecule has 3 heteroatoms. The number of rotatable bonds is 4. The Morgan fingerprint density at radius 2 is 1.88 bits per heavy atom. The van der Waals surface area contributed by atoms with E-state index in [0.717, 1.165) is 12.8 Å². The van der Waals surface area contributed by atoms with Crippen LogP contribution in [0.5, 0.6) is 0 Å². The number of hydrogen-bond donors (Lipinski definition) is 2. The van der Waals surface area contributed by atoms with E-state index in [1.165, 1.54) is 32.1 Å². The van der Waals surface area contributed by atoms with Crippen molar-refractivity contribution in [1.29, 1.82) is 0 Å². The summed E-state index contributed by atoms with van der Waals surface area (Å²) in [6.07, 6.45) is 8.98. The molecule has 0 spiro atoms. The molecule has 2 rings (SSSR count). The van der Waals surface area contributed by atoms with Crippen LogP contribution in [0.25, 0.3) is 0 Å². The number of nitrogens with two attached hydrogens (primary N) is 1. The monoisotopic (exact) mass is 238 g/mol. The fourth-order valence-corrected chi connectivity index (χ4v) is 3.54. The second kappa shape index (κ2) is 5.85. The van der Waals surface area contributed by atoms with Crippen LogP contribution in [0.3, 0.4) is 0 Å². The maximum absolute atomic E-state index is 12.0. The first-order valence-corrected chi connectivity index (χ1v) is 7.25. The molecule has 0 heterocycles. The average molecular weight is 238 g/mol. The topological polar surface area (TPSA) is 55.1 Å².